The van der Waals surface area contributed by atoms with Crippen LogP contribution in [0.1, 0.15) is 41.6 Å². The monoisotopic (exact) mass is 506 g/mol. The van der Waals surface area contributed by atoms with Crippen LogP contribution >= 0.6 is 0 Å². The molecule has 194 valence electrons. The molecule has 1 aliphatic carbocycles. The van der Waals surface area contributed by atoms with Crippen LogP contribution < -0.4 is 16.2 Å². The minimum absolute atomic E-state index is 0.112. The lowest BCUT2D eigenvalue weighted by molar-refractivity contribution is -0.184. The molecule has 1 fully saturated rings. The third-order valence-electron chi connectivity index (χ3n) is 5.86. The van der Waals surface area contributed by atoms with Crippen molar-refractivity contribution in [2.75, 3.05) is 31.3 Å². The van der Waals surface area contributed by atoms with Gasteiger partial charge in [-0.25, -0.2) is 9.59 Å². The van der Waals surface area contributed by atoms with E-state index in [-0.39, 0.29) is 37.5 Å². The highest BCUT2D eigenvalue weighted by molar-refractivity contribution is 5.91. The van der Waals surface area contributed by atoms with E-state index in [4.69, 9.17) is 25.7 Å². The highest BCUT2D eigenvalue weighted by Crippen LogP contribution is 2.39. The Labute approximate surface area is 207 Å². The van der Waals surface area contributed by atoms with E-state index in [0.29, 0.717) is 36.6 Å². The zero-order valence-electron chi connectivity index (χ0n) is 19.6. The Bertz CT molecular complexity index is 1040. The highest BCUT2D eigenvalue weighted by Gasteiger charge is 2.41. The normalized spacial score (nSPS) is 18.1. The minimum Gasteiger partial charge on any atom is -0.493 e. The van der Waals surface area contributed by atoms with Crippen LogP contribution in [-0.2, 0) is 14.3 Å². The first-order valence-electron chi connectivity index (χ1n) is 11.6. The molecule has 1 saturated carbocycles. The summed E-state index contributed by atoms with van der Waals surface area (Å²) in [6.45, 7) is 0.128. The van der Waals surface area contributed by atoms with Gasteiger partial charge in [0.1, 0.15) is 19.0 Å². The average Bonchev–Trinajstić information content (AvgIpc) is 2.83. The van der Waals surface area contributed by atoms with Gasteiger partial charge in [-0.05, 0) is 73.6 Å². The number of carbonyl (C=O) groups excluding carboxylic acids is 2. The number of nitrogen functional groups attached to an aromatic ring is 2. The lowest BCUT2D eigenvalue weighted by atomic mass is 9.82. The Balaban J connectivity index is 1.34. The third kappa shape index (κ3) is 8.51. The molecule has 0 amide bonds. The van der Waals surface area contributed by atoms with Crippen LogP contribution in [0.15, 0.2) is 48.5 Å². The lowest BCUT2D eigenvalue weighted by Gasteiger charge is -2.29. The number of esters is 2. The Morgan fingerprint density at radius 3 is 2.14 bits per heavy atom. The topological polar surface area (TPSA) is 114 Å². The number of hydrogen-bond donors (Lipinski definition) is 2. The summed E-state index contributed by atoms with van der Waals surface area (Å²) in [6, 6.07) is 11.3. The standard InChI is InChI=1S/C26H29F3N2O5/c27-26(28,29)20-6-1-18(2-7-20)16-36-23-8-3-17(4-9-23)5-10-24(32)34-11-12-35-25(33)19-13-21(30)15-22(31)14-19/h3-5,8-10,13-15,18,20H,1-2,6-7,11-12,16,30-31H2. The molecular formula is C26H29F3N2O5. The zero-order chi connectivity index (χ0) is 26.1. The van der Waals surface area contributed by atoms with Crippen molar-refractivity contribution < 1.29 is 37.0 Å². The van der Waals surface area contributed by atoms with Crippen LogP contribution in [0.3, 0.4) is 0 Å². The van der Waals surface area contributed by atoms with E-state index in [1.165, 1.54) is 24.3 Å². The second kappa shape index (κ2) is 12.3. The quantitative estimate of drug-likeness (QED) is 0.213. The number of anilines is 2. The predicted molar refractivity (Wildman–Crippen MR) is 129 cm³/mol. The van der Waals surface area contributed by atoms with E-state index in [0.717, 1.165) is 5.56 Å². The van der Waals surface area contributed by atoms with Crippen molar-refractivity contribution >= 4 is 29.4 Å². The number of rotatable bonds is 9. The van der Waals surface area contributed by atoms with E-state index in [2.05, 4.69) is 0 Å². The van der Waals surface area contributed by atoms with E-state index >= 15 is 0 Å². The fourth-order valence-electron chi connectivity index (χ4n) is 3.91. The fraction of sp³-hybridized carbons (Fsp3) is 0.385. The summed E-state index contributed by atoms with van der Waals surface area (Å²) in [7, 11) is 0. The summed E-state index contributed by atoms with van der Waals surface area (Å²) >= 11 is 0. The molecule has 0 spiro atoms. The van der Waals surface area contributed by atoms with Crippen molar-refractivity contribution in [2.45, 2.75) is 31.9 Å². The number of halogens is 3. The number of ether oxygens (including phenoxy) is 3. The summed E-state index contributed by atoms with van der Waals surface area (Å²) in [4.78, 5) is 23.9. The lowest BCUT2D eigenvalue weighted by Crippen LogP contribution is -2.29. The van der Waals surface area contributed by atoms with Gasteiger partial charge in [0, 0.05) is 17.5 Å². The molecule has 10 heteroatoms. The largest absolute Gasteiger partial charge is 0.493 e. The molecule has 0 bridgehead atoms. The second-order valence-corrected chi connectivity index (χ2v) is 8.66. The summed E-state index contributed by atoms with van der Waals surface area (Å²) in [6.07, 6.45) is 0.000913. The third-order valence-corrected chi connectivity index (χ3v) is 5.86. The molecule has 1 aliphatic rings. The minimum atomic E-state index is -4.11. The van der Waals surface area contributed by atoms with Crippen molar-refractivity contribution in [3.8, 4) is 5.75 Å². The fourth-order valence-corrected chi connectivity index (χ4v) is 3.91. The van der Waals surface area contributed by atoms with E-state index in [1.54, 1.807) is 30.3 Å². The van der Waals surface area contributed by atoms with E-state index < -0.39 is 24.0 Å². The molecule has 0 saturated heterocycles. The van der Waals surface area contributed by atoms with Gasteiger partial charge in [-0.3, -0.25) is 0 Å². The van der Waals surface area contributed by atoms with Gasteiger partial charge < -0.3 is 25.7 Å². The molecule has 2 aromatic carbocycles. The summed E-state index contributed by atoms with van der Waals surface area (Å²) in [5.41, 5.74) is 12.9. The number of alkyl halides is 3. The van der Waals surface area contributed by atoms with Gasteiger partial charge in [0.2, 0.25) is 0 Å². The summed E-state index contributed by atoms with van der Waals surface area (Å²) < 4.78 is 54.1. The molecule has 0 aliphatic heterocycles. The van der Waals surface area contributed by atoms with Crippen molar-refractivity contribution in [3.05, 3.63) is 59.7 Å². The van der Waals surface area contributed by atoms with Gasteiger partial charge in [-0.2, -0.15) is 13.2 Å². The number of benzene rings is 2. The molecule has 0 aromatic heterocycles. The van der Waals surface area contributed by atoms with Gasteiger partial charge >= 0.3 is 18.1 Å². The zero-order valence-corrected chi connectivity index (χ0v) is 19.6. The SMILES string of the molecule is Nc1cc(N)cc(C(=O)OCCOC(=O)C=Cc2ccc(OCC3CCC(C(F)(F)F)CC3)cc2)c1. The van der Waals surface area contributed by atoms with Gasteiger partial charge in [0.15, 0.2) is 0 Å². The second-order valence-electron chi connectivity index (χ2n) is 8.66. The molecule has 0 unspecified atom stereocenters. The van der Waals surface area contributed by atoms with Gasteiger partial charge in [0.05, 0.1) is 18.1 Å². The molecule has 0 atom stereocenters. The molecule has 3 rings (SSSR count). The maximum Gasteiger partial charge on any atom is 0.391 e. The Morgan fingerprint density at radius 2 is 1.53 bits per heavy atom. The first-order chi connectivity index (χ1) is 17.1. The van der Waals surface area contributed by atoms with Crippen molar-refractivity contribution in [2.24, 2.45) is 11.8 Å². The van der Waals surface area contributed by atoms with Gasteiger partial charge in [0.25, 0.3) is 0 Å². The molecule has 7 nitrogen and oxygen atoms in total. The number of carbonyl (C=O) groups is 2. The molecule has 2 aromatic rings. The summed E-state index contributed by atoms with van der Waals surface area (Å²) in [5.74, 6) is -1.71. The molecule has 0 heterocycles. The molecule has 0 radical (unpaired) electrons. The predicted octanol–water partition coefficient (Wildman–Crippen LogP) is 5.01. The van der Waals surface area contributed by atoms with Crippen LogP contribution in [0.25, 0.3) is 6.08 Å². The average molecular weight is 507 g/mol. The Kier molecular flexibility index (Phi) is 9.21. The van der Waals surface area contributed by atoms with Crippen LogP contribution in [0.4, 0.5) is 24.5 Å². The smallest absolute Gasteiger partial charge is 0.391 e. The van der Waals surface area contributed by atoms with Crippen LogP contribution in [0.2, 0.25) is 0 Å². The van der Waals surface area contributed by atoms with Gasteiger partial charge in [-0.15, -0.1) is 0 Å². The molecular weight excluding hydrogens is 477 g/mol. The maximum atomic E-state index is 12.8. The van der Waals surface area contributed by atoms with E-state index in [9.17, 15) is 22.8 Å². The van der Waals surface area contributed by atoms with Crippen LogP contribution in [-0.4, -0.2) is 37.9 Å². The van der Waals surface area contributed by atoms with Crippen molar-refractivity contribution in [1.29, 1.82) is 0 Å². The van der Waals surface area contributed by atoms with Gasteiger partial charge in [-0.1, -0.05) is 12.1 Å². The van der Waals surface area contributed by atoms with Crippen LogP contribution in [0, 0.1) is 11.8 Å². The number of nitrogens with two attached hydrogens (primary N) is 2. The highest BCUT2D eigenvalue weighted by atomic mass is 19.4. The summed E-state index contributed by atoms with van der Waals surface area (Å²) in [5, 5.41) is 0. The molecule has 36 heavy (non-hydrogen) atoms. The number of hydrogen-bond acceptors (Lipinski definition) is 7. The molecule has 4 N–H and O–H groups in total. The Morgan fingerprint density at radius 1 is 0.917 bits per heavy atom. The maximum absolute atomic E-state index is 12.8. The van der Waals surface area contributed by atoms with Crippen LogP contribution in [0.5, 0.6) is 5.75 Å². The first-order valence-corrected chi connectivity index (χ1v) is 11.6. The van der Waals surface area contributed by atoms with Crippen molar-refractivity contribution in [1.82, 2.24) is 0 Å². The Hall–Kier alpha value is -3.69. The van der Waals surface area contributed by atoms with Crippen molar-refractivity contribution in [3.63, 3.8) is 0 Å². The van der Waals surface area contributed by atoms with E-state index in [1.807, 2.05) is 0 Å². The first kappa shape index (κ1) is 26.9.